The number of rotatable bonds is 16. The summed E-state index contributed by atoms with van der Waals surface area (Å²) in [6, 6.07) is 6.75. The maximum atomic E-state index is 14.1. The molecule has 14 heteroatoms. The van der Waals surface area contributed by atoms with Gasteiger partial charge < -0.3 is 49.1 Å². The molecular weight excluding hydrogens is 781 g/mol. The lowest BCUT2D eigenvalue weighted by Gasteiger charge is -2.38. The maximum Gasteiger partial charge on any atom is 0.256 e. The van der Waals surface area contributed by atoms with Gasteiger partial charge in [0.1, 0.15) is 0 Å². The van der Waals surface area contributed by atoms with Crippen LogP contribution in [0.4, 0.5) is 11.4 Å². The van der Waals surface area contributed by atoms with E-state index in [-0.39, 0.29) is 44.8 Å². The number of anilines is 2. The molecule has 2 atom stereocenters. The number of hydrogen-bond acceptors (Lipinski definition) is 10. The Morgan fingerprint density at radius 3 is 1.31 bits per heavy atom. The molecule has 2 aliphatic carbocycles. The van der Waals surface area contributed by atoms with Crippen LogP contribution in [0.25, 0.3) is 0 Å². The number of hydrogen-bond donors (Lipinski definition) is 2. The van der Waals surface area contributed by atoms with E-state index in [1.54, 1.807) is 38.5 Å². The van der Waals surface area contributed by atoms with Crippen LogP contribution in [0.2, 0.25) is 36.3 Å². The first-order valence-electron chi connectivity index (χ1n) is 21.5. The van der Waals surface area contributed by atoms with E-state index in [1.807, 2.05) is 9.80 Å². The van der Waals surface area contributed by atoms with Gasteiger partial charge in [0.05, 0.1) is 63.9 Å². The smallest absolute Gasteiger partial charge is 0.256 e. The number of benzene rings is 2. The Bertz CT molecular complexity index is 1750. The monoisotopic (exact) mass is 852 g/mol. The van der Waals surface area contributed by atoms with Crippen LogP contribution in [0.15, 0.2) is 24.3 Å². The molecule has 0 unspecified atom stereocenters. The first-order chi connectivity index (χ1) is 27.4. The summed E-state index contributed by atoms with van der Waals surface area (Å²) in [6.45, 7) is 25.5. The number of methoxy groups -OCH3 is 2. The van der Waals surface area contributed by atoms with Gasteiger partial charge in [0.15, 0.2) is 39.6 Å². The first-order valence-corrected chi connectivity index (χ1v) is 27.4. The molecule has 2 saturated carbocycles. The second-order valence-electron chi connectivity index (χ2n) is 21.0. The number of carbonyl (C=O) groups is 2. The van der Waals surface area contributed by atoms with Crippen molar-refractivity contribution in [2.75, 3.05) is 65.2 Å². The minimum absolute atomic E-state index is 0.0101. The average molecular weight is 853 g/mol. The molecule has 2 aliphatic heterocycles. The Morgan fingerprint density at radius 2 is 1.00 bits per heavy atom. The Hall–Kier alpha value is -3.47. The minimum atomic E-state index is -1.98. The van der Waals surface area contributed by atoms with Gasteiger partial charge in [-0.15, -0.1) is 0 Å². The summed E-state index contributed by atoms with van der Waals surface area (Å²) in [5.41, 5.74) is 15.0. The van der Waals surface area contributed by atoms with Crippen LogP contribution in [0.1, 0.15) is 107 Å². The SMILES string of the molecule is COc1cc(C(=O)N2CC3(CC3)C[C@H]2CO[Si](C)(C)C(C)(C)C)c(N)cc1OCCCOc1cc(N)c(C(=O)N2CC3(CC3)C[C@H]2CO[Si](C)(C)C(C)(C)C)cc1OC. The van der Waals surface area contributed by atoms with Crippen LogP contribution in [-0.2, 0) is 8.85 Å². The summed E-state index contributed by atoms with van der Waals surface area (Å²) in [4.78, 5) is 32.2. The molecule has 4 N–H and O–H groups in total. The molecule has 12 nitrogen and oxygen atoms in total. The Labute approximate surface area is 355 Å². The lowest BCUT2D eigenvalue weighted by molar-refractivity contribution is 0.0674. The fourth-order valence-electron chi connectivity index (χ4n) is 8.02. The number of nitrogens with zero attached hydrogens (tertiary/aromatic N) is 2. The number of amides is 2. The summed E-state index contributed by atoms with van der Waals surface area (Å²) in [5, 5.41) is 0.175. The van der Waals surface area contributed by atoms with Crippen molar-refractivity contribution >= 4 is 39.8 Å². The predicted molar refractivity (Wildman–Crippen MR) is 239 cm³/mol. The van der Waals surface area contributed by atoms with Gasteiger partial charge in [-0.05, 0) is 97.8 Å². The second-order valence-corrected chi connectivity index (χ2v) is 30.6. The normalized spacial score (nSPS) is 20.9. The quantitative estimate of drug-likeness (QED) is 0.0955. The highest BCUT2D eigenvalue weighted by molar-refractivity contribution is 6.74. The van der Waals surface area contributed by atoms with Crippen LogP contribution in [0.3, 0.4) is 0 Å². The van der Waals surface area contributed by atoms with Crippen molar-refractivity contribution in [3.63, 3.8) is 0 Å². The van der Waals surface area contributed by atoms with Gasteiger partial charge in [-0.1, -0.05) is 41.5 Å². The molecule has 2 aromatic carbocycles. The van der Waals surface area contributed by atoms with Crippen molar-refractivity contribution < 1.29 is 37.4 Å². The highest BCUT2D eigenvalue weighted by Gasteiger charge is 2.55. The van der Waals surface area contributed by atoms with Crippen molar-refractivity contribution in [1.82, 2.24) is 9.80 Å². The van der Waals surface area contributed by atoms with Gasteiger partial charge in [0.2, 0.25) is 0 Å². The summed E-state index contributed by atoms with van der Waals surface area (Å²) < 4.78 is 36.9. The largest absolute Gasteiger partial charge is 0.493 e. The number of nitrogens with two attached hydrogens (primary N) is 2. The Morgan fingerprint density at radius 1 is 0.644 bits per heavy atom. The molecular formula is C45H72N4O8Si2. The fraction of sp³-hybridized carbons (Fsp3) is 0.689. The van der Waals surface area contributed by atoms with Crippen LogP contribution >= 0.6 is 0 Å². The second kappa shape index (κ2) is 16.4. The molecule has 6 rings (SSSR count). The van der Waals surface area contributed by atoms with E-state index in [0.29, 0.717) is 78.3 Å². The van der Waals surface area contributed by atoms with Gasteiger partial charge in [-0.3, -0.25) is 9.59 Å². The van der Waals surface area contributed by atoms with E-state index < -0.39 is 16.6 Å². The molecule has 4 fully saturated rings. The molecule has 2 amide bonds. The van der Waals surface area contributed by atoms with Crippen molar-refractivity contribution in [2.24, 2.45) is 10.8 Å². The highest BCUT2D eigenvalue weighted by Crippen LogP contribution is 2.56. The molecule has 2 spiro atoms. The van der Waals surface area contributed by atoms with E-state index in [2.05, 4.69) is 67.7 Å². The summed E-state index contributed by atoms with van der Waals surface area (Å²) in [6.07, 6.45) is 7.00. The van der Waals surface area contributed by atoms with Crippen molar-refractivity contribution in [3.8, 4) is 23.0 Å². The number of likely N-dealkylation sites (tertiary alicyclic amines) is 2. The van der Waals surface area contributed by atoms with Crippen LogP contribution in [0, 0.1) is 10.8 Å². The van der Waals surface area contributed by atoms with Gasteiger partial charge >= 0.3 is 0 Å². The maximum absolute atomic E-state index is 14.1. The topological polar surface area (TPSA) is 148 Å². The number of nitrogen functional groups attached to an aromatic ring is 2. The van der Waals surface area contributed by atoms with Crippen LogP contribution in [-0.4, -0.2) is 104 Å². The Balaban J connectivity index is 1.05. The molecule has 2 saturated heterocycles. The molecule has 4 aliphatic rings. The molecule has 328 valence electrons. The van der Waals surface area contributed by atoms with E-state index in [0.717, 1.165) is 51.6 Å². The molecule has 0 bridgehead atoms. The van der Waals surface area contributed by atoms with E-state index >= 15 is 0 Å². The van der Waals surface area contributed by atoms with Gasteiger partial charge in [0, 0.05) is 43.0 Å². The van der Waals surface area contributed by atoms with Crippen LogP contribution < -0.4 is 30.4 Å². The predicted octanol–water partition coefficient (Wildman–Crippen LogP) is 8.75. The highest BCUT2D eigenvalue weighted by atomic mass is 28.4. The third kappa shape index (κ3) is 9.70. The van der Waals surface area contributed by atoms with E-state index in [9.17, 15) is 9.59 Å². The lowest BCUT2D eigenvalue weighted by Crippen LogP contribution is -2.46. The number of carbonyl (C=O) groups excluding carboxylic acids is 2. The van der Waals surface area contributed by atoms with Crippen molar-refractivity contribution in [2.45, 2.75) is 135 Å². The molecule has 2 heterocycles. The third-order valence-corrected chi connectivity index (χ3v) is 23.5. The Kier molecular flexibility index (Phi) is 12.6. The zero-order valence-corrected chi connectivity index (χ0v) is 40.0. The van der Waals surface area contributed by atoms with Crippen LogP contribution in [0.5, 0.6) is 23.0 Å². The van der Waals surface area contributed by atoms with Gasteiger partial charge in [-0.2, -0.15) is 0 Å². The van der Waals surface area contributed by atoms with Gasteiger partial charge in [0.25, 0.3) is 11.8 Å². The van der Waals surface area contributed by atoms with Gasteiger partial charge in [-0.25, -0.2) is 0 Å². The average Bonchev–Trinajstić information content (AvgIpc) is 4.02. The molecule has 0 radical (unpaired) electrons. The van der Waals surface area contributed by atoms with Crippen molar-refractivity contribution in [3.05, 3.63) is 35.4 Å². The number of ether oxygens (including phenoxy) is 4. The van der Waals surface area contributed by atoms with E-state index in [4.69, 9.17) is 39.3 Å². The summed E-state index contributed by atoms with van der Waals surface area (Å²) in [5.74, 6) is 1.58. The summed E-state index contributed by atoms with van der Waals surface area (Å²) >= 11 is 0. The molecule has 59 heavy (non-hydrogen) atoms. The zero-order chi connectivity index (χ0) is 43.3. The third-order valence-electron chi connectivity index (χ3n) is 14.5. The summed E-state index contributed by atoms with van der Waals surface area (Å²) in [7, 11) is -0.852. The first kappa shape index (κ1) is 45.1. The lowest BCUT2D eigenvalue weighted by atomic mass is 10.0. The van der Waals surface area contributed by atoms with Crippen molar-refractivity contribution in [1.29, 1.82) is 0 Å². The molecule has 0 aromatic heterocycles. The minimum Gasteiger partial charge on any atom is -0.493 e. The fourth-order valence-corrected chi connectivity index (χ4v) is 10.1. The zero-order valence-electron chi connectivity index (χ0n) is 38.0. The van der Waals surface area contributed by atoms with E-state index in [1.165, 1.54) is 0 Å². The molecule has 2 aromatic rings. The standard InChI is InChI=1S/C45H72N4O8Si2/c1-42(2,3)58(9,10)56-26-30-24-44(14-15-44)28-48(30)40(50)32-20-36(52-7)38(22-34(32)46)54-18-13-19-55-39-23-35(47)33(21-37(39)53-8)41(51)49-29-45(16-17-45)25-31(49)27-57-59(11,12)43(4,5)6/h20-23,30-31H,13-19,24-29,46-47H2,1-12H3/t30-,31-/m0/s1.